The quantitative estimate of drug-likeness (QED) is 0.652. The molecular formula is C20H16BrNO2. The Hall–Kier alpha value is -2.59. The zero-order chi connectivity index (χ0) is 16.8. The van der Waals surface area contributed by atoms with E-state index >= 15 is 0 Å². The molecule has 3 aromatic carbocycles. The standard InChI is InChI=1S/C20H16BrNO2/c21-17-10-6-9-16(13-17)20(23)22-18-11-4-5-12-19(18)24-14-15-7-2-1-3-8-15/h1-13H,14H2,(H,22,23). The van der Waals surface area contributed by atoms with E-state index in [0.29, 0.717) is 23.6 Å². The maximum absolute atomic E-state index is 12.4. The van der Waals surface area contributed by atoms with Gasteiger partial charge in [-0.1, -0.05) is 64.5 Å². The number of rotatable bonds is 5. The minimum Gasteiger partial charge on any atom is -0.487 e. The van der Waals surface area contributed by atoms with Crippen LogP contribution in [0.5, 0.6) is 5.75 Å². The molecule has 3 rings (SSSR count). The third-order valence-electron chi connectivity index (χ3n) is 3.46. The molecule has 0 radical (unpaired) electrons. The van der Waals surface area contributed by atoms with E-state index in [1.54, 1.807) is 12.1 Å². The second-order valence-corrected chi connectivity index (χ2v) is 6.15. The lowest BCUT2D eigenvalue weighted by molar-refractivity contribution is 0.102. The van der Waals surface area contributed by atoms with Crippen molar-refractivity contribution in [3.05, 3.63) is 94.5 Å². The third kappa shape index (κ3) is 4.24. The van der Waals surface area contributed by atoms with E-state index in [1.165, 1.54) is 0 Å². The Kier molecular flexibility index (Phi) is 5.29. The van der Waals surface area contributed by atoms with Gasteiger partial charge in [0.05, 0.1) is 5.69 Å². The van der Waals surface area contributed by atoms with E-state index in [1.807, 2.05) is 66.7 Å². The lowest BCUT2D eigenvalue weighted by Gasteiger charge is -2.12. The lowest BCUT2D eigenvalue weighted by atomic mass is 10.2. The van der Waals surface area contributed by atoms with Gasteiger partial charge in [-0.3, -0.25) is 4.79 Å². The van der Waals surface area contributed by atoms with Gasteiger partial charge in [0.15, 0.2) is 0 Å². The molecule has 1 N–H and O–H groups in total. The van der Waals surface area contributed by atoms with Crippen molar-refractivity contribution in [3.8, 4) is 5.75 Å². The number of hydrogen-bond donors (Lipinski definition) is 1. The lowest BCUT2D eigenvalue weighted by Crippen LogP contribution is -2.12. The van der Waals surface area contributed by atoms with Crippen LogP contribution in [0.25, 0.3) is 0 Å². The van der Waals surface area contributed by atoms with Crippen molar-refractivity contribution in [1.29, 1.82) is 0 Å². The summed E-state index contributed by atoms with van der Waals surface area (Å²) in [6.07, 6.45) is 0. The predicted molar refractivity (Wildman–Crippen MR) is 99.3 cm³/mol. The number of amides is 1. The third-order valence-corrected chi connectivity index (χ3v) is 3.95. The highest BCUT2D eigenvalue weighted by atomic mass is 79.9. The Morgan fingerprint density at radius 3 is 2.46 bits per heavy atom. The number of carbonyl (C=O) groups excluding carboxylic acids is 1. The van der Waals surface area contributed by atoms with Crippen LogP contribution in [0.4, 0.5) is 5.69 Å². The summed E-state index contributed by atoms with van der Waals surface area (Å²) < 4.78 is 6.72. The van der Waals surface area contributed by atoms with Crippen molar-refractivity contribution in [2.45, 2.75) is 6.61 Å². The van der Waals surface area contributed by atoms with Crippen LogP contribution in [-0.4, -0.2) is 5.91 Å². The fraction of sp³-hybridized carbons (Fsp3) is 0.0500. The number of para-hydroxylation sites is 2. The van der Waals surface area contributed by atoms with Crippen molar-refractivity contribution in [2.75, 3.05) is 5.32 Å². The van der Waals surface area contributed by atoms with Crippen LogP contribution in [0, 0.1) is 0 Å². The first-order valence-corrected chi connectivity index (χ1v) is 8.34. The molecule has 3 nitrogen and oxygen atoms in total. The van der Waals surface area contributed by atoms with Gasteiger partial charge in [0, 0.05) is 10.0 Å². The number of ether oxygens (including phenoxy) is 1. The highest BCUT2D eigenvalue weighted by Crippen LogP contribution is 2.25. The van der Waals surface area contributed by atoms with Crippen LogP contribution in [0.3, 0.4) is 0 Å². The van der Waals surface area contributed by atoms with Gasteiger partial charge in [0.25, 0.3) is 5.91 Å². The van der Waals surface area contributed by atoms with Crippen LogP contribution < -0.4 is 10.1 Å². The van der Waals surface area contributed by atoms with Crippen LogP contribution in [0.15, 0.2) is 83.3 Å². The van der Waals surface area contributed by atoms with E-state index in [-0.39, 0.29) is 5.91 Å². The van der Waals surface area contributed by atoms with E-state index < -0.39 is 0 Å². The molecule has 4 heteroatoms. The molecule has 0 fully saturated rings. The van der Waals surface area contributed by atoms with Crippen molar-refractivity contribution in [1.82, 2.24) is 0 Å². The van der Waals surface area contributed by atoms with E-state index in [4.69, 9.17) is 4.74 Å². The SMILES string of the molecule is O=C(Nc1ccccc1OCc1ccccc1)c1cccc(Br)c1. The smallest absolute Gasteiger partial charge is 0.255 e. The molecule has 0 aliphatic rings. The molecule has 3 aromatic rings. The van der Waals surface area contributed by atoms with Crippen LogP contribution >= 0.6 is 15.9 Å². The Labute approximate surface area is 149 Å². The minimum absolute atomic E-state index is 0.174. The van der Waals surface area contributed by atoms with Gasteiger partial charge in [0.1, 0.15) is 12.4 Å². The Bertz CT molecular complexity index is 834. The van der Waals surface area contributed by atoms with Gasteiger partial charge in [0.2, 0.25) is 0 Å². The van der Waals surface area contributed by atoms with Crippen LogP contribution in [-0.2, 0) is 6.61 Å². The second-order valence-electron chi connectivity index (χ2n) is 5.23. The molecule has 0 saturated heterocycles. The zero-order valence-electron chi connectivity index (χ0n) is 12.9. The Morgan fingerprint density at radius 1 is 0.917 bits per heavy atom. The van der Waals surface area contributed by atoms with Gasteiger partial charge in [-0.15, -0.1) is 0 Å². The van der Waals surface area contributed by atoms with Gasteiger partial charge < -0.3 is 10.1 Å². The monoisotopic (exact) mass is 381 g/mol. The summed E-state index contributed by atoms with van der Waals surface area (Å²) in [4.78, 5) is 12.4. The van der Waals surface area contributed by atoms with Crippen LogP contribution in [0.1, 0.15) is 15.9 Å². The topological polar surface area (TPSA) is 38.3 Å². The summed E-state index contributed by atoms with van der Waals surface area (Å²) in [5, 5.41) is 2.91. The highest BCUT2D eigenvalue weighted by molar-refractivity contribution is 9.10. The number of halogens is 1. The minimum atomic E-state index is -0.174. The van der Waals surface area contributed by atoms with Crippen molar-refractivity contribution in [2.24, 2.45) is 0 Å². The first-order chi connectivity index (χ1) is 11.7. The van der Waals surface area contributed by atoms with Crippen molar-refractivity contribution >= 4 is 27.5 Å². The number of benzene rings is 3. The first-order valence-electron chi connectivity index (χ1n) is 7.55. The zero-order valence-corrected chi connectivity index (χ0v) is 14.5. The number of hydrogen-bond acceptors (Lipinski definition) is 2. The molecule has 0 aliphatic carbocycles. The van der Waals surface area contributed by atoms with E-state index in [2.05, 4.69) is 21.2 Å². The predicted octanol–water partition coefficient (Wildman–Crippen LogP) is 5.28. The number of carbonyl (C=O) groups is 1. The maximum atomic E-state index is 12.4. The van der Waals surface area contributed by atoms with Crippen LogP contribution in [0.2, 0.25) is 0 Å². The van der Waals surface area contributed by atoms with Gasteiger partial charge in [-0.05, 0) is 35.9 Å². The molecule has 0 saturated carbocycles. The van der Waals surface area contributed by atoms with Gasteiger partial charge in [-0.2, -0.15) is 0 Å². The van der Waals surface area contributed by atoms with Crippen molar-refractivity contribution in [3.63, 3.8) is 0 Å². The van der Waals surface area contributed by atoms with Gasteiger partial charge in [-0.25, -0.2) is 0 Å². The molecule has 0 aliphatic heterocycles. The normalized spacial score (nSPS) is 10.2. The fourth-order valence-electron chi connectivity index (χ4n) is 2.26. The number of anilines is 1. The Morgan fingerprint density at radius 2 is 1.67 bits per heavy atom. The molecule has 24 heavy (non-hydrogen) atoms. The van der Waals surface area contributed by atoms with Gasteiger partial charge >= 0.3 is 0 Å². The summed E-state index contributed by atoms with van der Waals surface area (Å²) in [6.45, 7) is 0.449. The average Bonchev–Trinajstić information content (AvgIpc) is 2.62. The summed E-state index contributed by atoms with van der Waals surface area (Å²) in [5.41, 5.74) is 2.31. The summed E-state index contributed by atoms with van der Waals surface area (Å²) in [5.74, 6) is 0.469. The Balaban J connectivity index is 1.73. The molecule has 0 spiro atoms. The molecule has 0 unspecified atom stereocenters. The highest BCUT2D eigenvalue weighted by Gasteiger charge is 2.10. The average molecular weight is 382 g/mol. The van der Waals surface area contributed by atoms with E-state index in [0.717, 1.165) is 10.0 Å². The summed E-state index contributed by atoms with van der Waals surface area (Å²) in [7, 11) is 0. The molecule has 1 amide bonds. The maximum Gasteiger partial charge on any atom is 0.255 e. The molecule has 0 aromatic heterocycles. The molecular weight excluding hydrogens is 366 g/mol. The largest absolute Gasteiger partial charge is 0.487 e. The molecule has 120 valence electrons. The summed E-state index contributed by atoms with van der Waals surface area (Å²) >= 11 is 3.38. The number of nitrogens with one attached hydrogen (secondary N) is 1. The first kappa shape index (κ1) is 16.3. The summed E-state index contributed by atoms with van der Waals surface area (Å²) in [6, 6.07) is 24.6. The van der Waals surface area contributed by atoms with E-state index in [9.17, 15) is 4.79 Å². The molecule has 0 bridgehead atoms. The fourth-order valence-corrected chi connectivity index (χ4v) is 2.65. The van der Waals surface area contributed by atoms with Crippen molar-refractivity contribution < 1.29 is 9.53 Å². The molecule has 0 heterocycles. The molecule has 0 atom stereocenters. The second kappa shape index (κ2) is 7.79.